The molecule has 2 nitrogen and oxygen atoms in total. The van der Waals surface area contributed by atoms with Gasteiger partial charge in [-0.05, 0) is 64.0 Å². The number of amidine groups is 1. The number of allylic oxidation sites excluding steroid dienone is 5. The molecule has 0 aliphatic carbocycles. The van der Waals surface area contributed by atoms with Gasteiger partial charge in [-0.25, -0.2) is 0 Å². The summed E-state index contributed by atoms with van der Waals surface area (Å²) in [5.41, 5.74) is 3.51. The monoisotopic (exact) mass is 460 g/mol. The van der Waals surface area contributed by atoms with Gasteiger partial charge in [-0.3, -0.25) is 4.99 Å². The summed E-state index contributed by atoms with van der Waals surface area (Å²) < 4.78 is 0. The fourth-order valence-electron chi connectivity index (χ4n) is 2.75. The van der Waals surface area contributed by atoms with Crippen LogP contribution in [0.5, 0.6) is 0 Å². The first-order valence-electron chi connectivity index (χ1n) is 9.76. The first-order chi connectivity index (χ1) is 14.4. The van der Waals surface area contributed by atoms with Gasteiger partial charge in [0, 0.05) is 15.8 Å². The molecule has 2 atom stereocenters. The molecule has 0 aromatic heterocycles. The zero-order valence-electron chi connectivity index (χ0n) is 18.1. The van der Waals surface area contributed by atoms with Gasteiger partial charge in [0.15, 0.2) is 5.17 Å². The molecule has 1 heterocycles. The van der Waals surface area contributed by atoms with Crippen molar-refractivity contribution in [3.8, 4) is 12.3 Å². The second-order valence-corrected chi connectivity index (χ2v) is 8.53. The molecular formula is C25H30Cl2N2S. The lowest BCUT2D eigenvalue weighted by Crippen LogP contribution is -2.35. The highest BCUT2D eigenvalue weighted by molar-refractivity contribution is 8.13. The number of rotatable bonds is 6. The summed E-state index contributed by atoms with van der Waals surface area (Å²) in [6.45, 7) is 11.6. The molecule has 2 rings (SSSR count). The van der Waals surface area contributed by atoms with Crippen molar-refractivity contribution in [3.63, 3.8) is 0 Å². The Balaban J connectivity index is 0.00000141. The maximum absolute atomic E-state index is 6.27. The number of nitrogens with one attached hydrogen (secondary N) is 1. The van der Waals surface area contributed by atoms with E-state index >= 15 is 0 Å². The van der Waals surface area contributed by atoms with Crippen LogP contribution >= 0.6 is 35.0 Å². The molecular weight excluding hydrogens is 431 g/mol. The Kier molecular flexibility index (Phi) is 12.4. The standard InChI is InChI=1S/C22H24Cl2N2S.C3H6/c1-5-7-8-9-10-16(4)21-20(15(3)6-2)25-22(26-21)27-14-17-13-18(23)11-12-19(17)24;1-3-2/h1,6-8,10-13,20-21H,9,14H2,2-4H3,(H,25,26);3H,1H2,2H3/b8-7-,15-6+,16-10+;/t20-,21+;/m0./s1. The summed E-state index contributed by atoms with van der Waals surface area (Å²) in [5, 5.41) is 5.89. The fourth-order valence-corrected chi connectivity index (χ4v) is 4.13. The Labute approximate surface area is 196 Å². The molecule has 1 aromatic rings. The first-order valence-corrected chi connectivity index (χ1v) is 11.5. The third-order valence-corrected chi connectivity index (χ3v) is 5.98. The Bertz CT molecular complexity index is 876. The second kappa shape index (κ2) is 14.2. The van der Waals surface area contributed by atoms with E-state index in [9.17, 15) is 0 Å². The Morgan fingerprint density at radius 2 is 2.00 bits per heavy atom. The van der Waals surface area contributed by atoms with Crippen LogP contribution in [0.4, 0.5) is 0 Å². The third-order valence-electron chi connectivity index (χ3n) is 4.43. The molecule has 0 amide bonds. The first kappa shape index (κ1) is 26.2. The molecule has 30 heavy (non-hydrogen) atoms. The number of hydrogen-bond donors (Lipinski definition) is 1. The lowest BCUT2D eigenvalue weighted by Gasteiger charge is -2.20. The number of nitrogens with zero attached hydrogens (tertiary/aromatic N) is 1. The van der Waals surface area contributed by atoms with Crippen LogP contribution in [0, 0.1) is 12.3 Å². The average Bonchev–Trinajstić information content (AvgIpc) is 3.16. The van der Waals surface area contributed by atoms with Crippen LogP contribution in [0.3, 0.4) is 0 Å². The predicted molar refractivity (Wildman–Crippen MR) is 138 cm³/mol. The van der Waals surface area contributed by atoms with E-state index in [0.29, 0.717) is 10.8 Å². The lowest BCUT2D eigenvalue weighted by atomic mass is 9.95. The highest BCUT2D eigenvalue weighted by atomic mass is 35.5. The number of terminal acetylenes is 1. The van der Waals surface area contributed by atoms with E-state index in [4.69, 9.17) is 34.6 Å². The van der Waals surface area contributed by atoms with Gasteiger partial charge in [0.1, 0.15) is 0 Å². The van der Waals surface area contributed by atoms with Crippen molar-refractivity contribution in [3.05, 3.63) is 81.9 Å². The quantitative estimate of drug-likeness (QED) is 0.348. The zero-order chi connectivity index (χ0) is 22.5. The van der Waals surface area contributed by atoms with Crippen LogP contribution in [0.1, 0.15) is 39.7 Å². The Hall–Kier alpha value is -1.86. The topological polar surface area (TPSA) is 24.4 Å². The molecule has 0 radical (unpaired) electrons. The van der Waals surface area contributed by atoms with E-state index in [1.54, 1.807) is 30.0 Å². The summed E-state index contributed by atoms with van der Waals surface area (Å²) in [7, 11) is 0. The maximum Gasteiger partial charge on any atom is 0.158 e. The Morgan fingerprint density at radius 1 is 1.30 bits per heavy atom. The third kappa shape index (κ3) is 8.48. The minimum Gasteiger partial charge on any atom is -0.356 e. The van der Waals surface area contributed by atoms with Gasteiger partial charge in [0.25, 0.3) is 0 Å². The molecule has 0 unspecified atom stereocenters. The van der Waals surface area contributed by atoms with Crippen molar-refractivity contribution in [2.75, 3.05) is 0 Å². The smallest absolute Gasteiger partial charge is 0.158 e. The maximum atomic E-state index is 6.27. The lowest BCUT2D eigenvalue weighted by molar-refractivity contribution is 0.640. The summed E-state index contributed by atoms with van der Waals surface area (Å²) >= 11 is 14.0. The SMILES string of the molecule is C#C/C=C\C/C=C(\C)[C@H]1N=C(SCc2cc(Cl)ccc2Cl)N[C@H]1/C(C)=C/C.C=CC. The van der Waals surface area contributed by atoms with Crippen molar-refractivity contribution in [1.82, 2.24) is 5.32 Å². The van der Waals surface area contributed by atoms with Gasteiger partial charge in [-0.15, -0.1) is 13.0 Å². The molecule has 0 spiro atoms. The largest absolute Gasteiger partial charge is 0.356 e. The predicted octanol–water partition coefficient (Wildman–Crippen LogP) is 7.61. The average molecular weight is 462 g/mol. The van der Waals surface area contributed by atoms with Gasteiger partial charge < -0.3 is 5.32 Å². The molecule has 1 N–H and O–H groups in total. The summed E-state index contributed by atoms with van der Waals surface area (Å²) in [4.78, 5) is 4.92. The molecule has 0 saturated heterocycles. The van der Waals surface area contributed by atoms with Crippen LogP contribution in [0.15, 0.2) is 71.3 Å². The zero-order valence-corrected chi connectivity index (χ0v) is 20.4. The number of hydrogen-bond acceptors (Lipinski definition) is 3. The van der Waals surface area contributed by atoms with E-state index in [1.165, 1.54) is 11.1 Å². The van der Waals surface area contributed by atoms with Crippen molar-refractivity contribution in [1.29, 1.82) is 0 Å². The van der Waals surface area contributed by atoms with Gasteiger partial charge in [-0.2, -0.15) is 0 Å². The van der Waals surface area contributed by atoms with Crippen LogP contribution in [0.25, 0.3) is 0 Å². The van der Waals surface area contributed by atoms with E-state index in [-0.39, 0.29) is 12.1 Å². The Morgan fingerprint density at radius 3 is 2.63 bits per heavy atom. The highest BCUT2D eigenvalue weighted by Gasteiger charge is 2.30. The van der Waals surface area contributed by atoms with Crippen molar-refractivity contribution < 1.29 is 0 Å². The van der Waals surface area contributed by atoms with Crippen LogP contribution < -0.4 is 5.32 Å². The van der Waals surface area contributed by atoms with Crippen LogP contribution in [-0.2, 0) is 5.75 Å². The minimum atomic E-state index is 0.0813. The summed E-state index contributed by atoms with van der Waals surface area (Å²) in [5.74, 6) is 3.23. The van der Waals surface area contributed by atoms with Crippen LogP contribution in [-0.4, -0.2) is 17.3 Å². The molecule has 1 aliphatic heterocycles. The molecule has 1 aliphatic rings. The summed E-state index contributed by atoms with van der Waals surface area (Å²) in [6, 6.07) is 5.78. The minimum absolute atomic E-state index is 0.0813. The van der Waals surface area contributed by atoms with E-state index in [1.807, 2.05) is 25.1 Å². The second-order valence-electron chi connectivity index (χ2n) is 6.72. The number of benzene rings is 1. The molecule has 160 valence electrons. The summed E-state index contributed by atoms with van der Waals surface area (Å²) in [6.07, 6.45) is 15.8. The molecule has 0 bridgehead atoms. The van der Waals surface area contributed by atoms with E-state index in [0.717, 1.165) is 22.2 Å². The van der Waals surface area contributed by atoms with Gasteiger partial charge in [-0.1, -0.05) is 76.3 Å². The fraction of sp³-hybridized carbons (Fsp3) is 0.320. The van der Waals surface area contributed by atoms with E-state index in [2.05, 4.69) is 50.7 Å². The van der Waals surface area contributed by atoms with Crippen molar-refractivity contribution >= 4 is 40.1 Å². The highest BCUT2D eigenvalue weighted by Crippen LogP contribution is 2.29. The van der Waals surface area contributed by atoms with Gasteiger partial charge in [0.05, 0.1) is 12.1 Å². The number of halogens is 2. The van der Waals surface area contributed by atoms with Gasteiger partial charge in [0.2, 0.25) is 0 Å². The normalized spacial score (nSPS) is 18.9. The molecule has 1 aromatic carbocycles. The molecule has 0 fully saturated rings. The van der Waals surface area contributed by atoms with Crippen molar-refractivity contribution in [2.45, 2.75) is 52.0 Å². The van der Waals surface area contributed by atoms with Crippen LogP contribution in [0.2, 0.25) is 10.0 Å². The van der Waals surface area contributed by atoms with E-state index < -0.39 is 0 Å². The molecule has 0 saturated carbocycles. The number of aliphatic imine (C=N–C) groups is 1. The van der Waals surface area contributed by atoms with Crippen molar-refractivity contribution in [2.24, 2.45) is 4.99 Å². The molecule has 5 heteroatoms. The number of thioether (sulfide) groups is 1. The van der Waals surface area contributed by atoms with Gasteiger partial charge >= 0.3 is 0 Å².